The minimum Gasteiger partial charge on any atom is -0.489 e. The van der Waals surface area contributed by atoms with Gasteiger partial charge in [0.25, 0.3) is 0 Å². The molecule has 0 saturated carbocycles. The first kappa shape index (κ1) is 23.3. The van der Waals surface area contributed by atoms with Crippen LogP contribution in [0.25, 0.3) is 11.3 Å². The Kier molecular flexibility index (Phi) is 6.73. The van der Waals surface area contributed by atoms with Crippen molar-refractivity contribution >= 4 is 10.0 Å². The SMILES string of the molecule is O=S(=O)(NCC(Oc1ccc(C(F)(F)F)cc1)C1CCNC1)c1ccc(-c2cnco2)cc1. The number of halogens is 3. The van der Waals surface area contributed by atoms with Gasteiger partial charge in [-0.3, -0.25) is 0 Å². The van der Waals surface area contributed by atoms with E-state index in [2.05, 4.69) is 15.0 Å². The summed E-state index contributed by atoms with van der Waals surface area (Å²) in [6, 6.07) is 10.5. The van der Waals surface area contributed by atoms with Crippen LogP contribution >= 0.6 is 0 Å². The first-order valence-electron chi connectivity index (χ1n) is 10.3. The maximum atomic E-state index is 12.8. The lowest BCUT2D eigenvalue weighted by atomic mass is 10.0. The number of hydrogen-bond donors (Lipinski definition) is 2. The van der Waals surface area contributed by atoms with Crippen molar-refractivity contribution in [3.63, 3.8) is 0 Å². The fourth-order valence-corrected chi connectivity index (χ4v) is 4.67. The quantitative estimate of drug-likeness (QED) is 0.510. The lowest BCUT2D eigenvalue weighted by Crippen LogP contribution is -2.40. The van der Waals surface area contributed by atoms with Crippen LogP contribution in [0.3, 0.4) is 0 Å². The first-order valence-corrected chi connectivity index (χ1v) is 11.7. The Morgan fingerprint density at radius 3 is 2.45 bits per heavy atom. The van der Waals surface area contributed by atoms with Crippen molar-refractivity contribution < 1.29 is 30.7 Å². The molecule has 3 aromatic rings. The van der Waals surface area contributed by atoms with Crippen LogP contribution in [0, 0.1) is 5.92 Å². The lowest BCUT2D eigenvalue weighted by molar-refractivity contribution is -0.137. The Hall–Kier alpha value is -2.89. The van der Waals surface area contributed by atoms with Crippen LogP contribution in [0.4, 0.5) is 13.2 Å². The Balaban J connectivity index is 1.45. The van der Waals surface area contributed by atoms with Crippen molar-refractivity contribution in [3.05, 3.63) is 66.7 Å². The van der Waals surface area contributed by atoms with E-state index in [1.807, 2.05) is 0 Å². The number of hydrogen-bond acceptors (Lipinski definition) is 6. The van der Waals surface area contributed by atoms with Gasteiger partial charge in [0.05, 0.1) is 16.7 Å². The smallest absolute Gasteiger partial charge is 0.416 e. The number of nitrogens with zero attached hydrogens (tertiary/aromatic N) is 1. The largest absolute Gasteiger partial charge is 0.489 e. The van der Waals surface area contributed by atoms with Crippen LogP contribution < -0.4 is 14.8 Å². The molecular weight excluding hydrogens is 459 g/mol. The molecule has 1 saturated heterocycles. The molecular formula is C22H22F3N3O4S. The van der Waals surface area contributed by atoms with Crippen molar-refractivity contribution in [2.24, 2.45) is 5.92 Å². The highest BCUT2D eigenvalue weighted by Crippen LogP contribution is 2.31. The van der Waals surface area contributed by atoms with Crippen LogP contribution in [-0.4, -0.2) is 39.1 Å². The van der Waals surface area contributed by atoms with Gasteiger partial charge >= 0.3 is 6.18 Å². The molecule has 176 valence electrons. The van der Waals surface area contributed by atoms with Gasteiger partial charge in [-0.1, -0.05) is 0 Å². The van der Waals surface area contributed by atoms with E-state index in [-0.39, 0.29) is 23.1 Å². The molecule has 0 spiro atoms. The van der Waals surface area contributed by atoms with Gasteiger partial charge < -0.3 is 14.5 Å². The zero-order chi connectivity index (χ0) is 23.5. The van der Waals surface area contributed by atoms with Crippen LogP contribution in [0.1, 0.15) is 12.0 Å². The van der Waals surface area contributed by atoms with Crippen molar-refractivity contribution in [3.8, 4) is 17.1 Å². The van der Waals surface area contributed by atoms with Gasteiger partial charge in [0.1, 0.15) is 11.9 Å². The summed E-state index contributed by atoms with van der Waals surface area (Å²) in [6.45, 7) is 1.35. The zero-order valence-corrected chi connectivity index (χ0v) is 18.2. The van der Waals surface area contributed by atoms with E-state index < -0.39 is 27.9 Å². The third kappa shape index (κ3) is 5.73. The molecule has 2 heterocycles. The van der Waals surface area contributed by atoms with Gasteiger partial charge in [-0.2, -0.15) is 13.2 Å². The summed E-state index contributed by atoms with van der Waals surface area (Å²) in [7, 11) is -3.83. The predicted molar refractivity (Wildman–Crippen MR) is 114 cm³/mol. The number of oxazole rings is 1. The molecule has 0 amide bonds. The summed E-state index contributed by atoms with van der Waals surface area (Å²) >= 11 is 0. The molecule has 1 aliphatic heterocycles. The number of rotatable bonds is 8. The summed E-state index contributed by atoms with van der Waals surface area (Å²) < 4.78 is 77.7. The van der Waals surface area contributed by atoms with Crippen LogP contribution in [0.5, 0.6) is 5.75 Å². The van der Waals surface area contributed by atoms with Crippen LogP contribution in [-0.2, 0) is 16.2 Å². The predicted octanol–water partition coefficient (Wildman–Crippen LogP) is 3.70. The average molecular weight is 481 g/mol. The normalized spacial score (nSPS) is 17.7. The van der Waals surface area contributed by atoms with E-state index in [0.29, 0.717) is 17.9 Å². The fourth-order valence-electron chi connectivity index (χ4n) is 3.63. The standard InChI is InChI=1S/C22H22F3N3O4S/c23-22(24,25)17-3-5-18(6-4-17)32-21(16-9-10-26-11-16)13-28-33(29,30)19-7-1-15(2-8-19)20-12-27-14-31-20/h1-8,12,14,16,21,26,28H,9-11,13H2. The van der Waals surface area contributed by atoms with Gasteiger partial charge in [-0.15, -0.1) is 0 Å². The van der Waals surface area contributed by atoms with Crippen LogP contribution in [0.15, 0.2) is 70.4 Å². The molecule has 1 fully saturated rings. The lowest BCUT2D eigenvalue weighted by Gasteiger charge is -2.25. The topological polar surface area (TPSA) is 93.5 Å². The number of alkyl halides is 3. The monoisotopic (exact) mass is 481 g/mol. The molecule has 0 aliphatic carbocycles. The Labute approximate surface area is 189 Å². The van der Waals surface area contributed by atoms with Gasteiger partial charge in [-0.25, -0.2) is 18.1 Å². The molecule has 33 heavy (non-hydrogen) atoms. The second-order valence-corrected chi connectivity index (χ2v) is 9.44. The summed E-state index contributed by atoms with van der Waals surface area (Å²) in [4.78, 5) is 3.91. The van der Waals surface area contributed by atoms with Gasteiger partial charge in [-0.05, 0) is 61.5 Å². The zero-order valence-electron chi connectivity index (χ0n) is 17.4. The van der Waals surface area contributed by atoms with E-state index in [1.54, 1.807) is 12.1 Å². The molecule has 4 rings (SSSR count). The highest BCUT2D eigenvalue weighted by atomic mass is 32.2. The maximum Gasteiger partial charge on any atom is 0.416 e. The van der Waals surface area contributed by atoms with E-state index in [1.165, 1.54) is 36.9 Å². The summed E-state index contributed by atoms with van der Waals surface area (Å²) in [6.07, 6.45) is -1.42. The van der Waals surface area contributed by atoms with Gasteiger partial charge in [0, 0.05) is 24.6 Å². The second-order valence-electron chi connectivity index (χ2n) is 7.67. The van der Waals surface area contributed by atoms with E-state index in [4.69, 9.17) is 9.15 Å². The minimum absolute atomic E-state index is 0.00354. The molecule has 1 aliphatic rings. The third-order valence-electron chi connectivity index (χ3n) is 5.45. The number of nitrogens with one attached hydrogen (secondary N) is 2. The minimum atomic E-state index is -4.44. The average Bonchev–Trinajstić information content (AvgIpc) is 3.51. The first-order chi connectivity index (χ1) is 15.7. The Morgan fingerprint density at radius 2 is 1.88 bits per heavy atom. The fraction of sp³-hybridized carbons (Fsp3) is 0.318. The Morgan fingerprint density at radius 1 is 1.15 bits per heavy atom. The molecule has 2 aromatic carbocycles. The van der Waals surface area contributed by atoms with Crippen LogP contribution in [0.2, 0.25) is 0 Å². The maximum absolute atomic E-state index is 12.8. The molecule has 2 N–H and O–H groups in total. The molecule has 7 nitrogen and oxygen atoms in total. The number of benzene rings is 2. The Bertz CT molecular complexity index is 1140. The van der Waals surface area contributed by atoms with E-state index >= 15 is 0 Å². The van der Waals surface area contributed by atoms with E-state index in [0.717, 1.165) is 25.1 Å². The summed E-state index contributed by atoms with van der Waals surface area (Å²) in [5.41, 5.74) is -0.0876. The van der Waals surface area contributed by atoms with Gasteiger partial charge in [0.2, 0.25) is 10.0 Å². The highest BCUT2D eigenvalue weighted by molar-refractivity contribution is 7.89. The second kappa shape index (κ2) is 9.54. The van der Waals surface area contributed by atoms with Gasteiger partial charge in [0.15, 0.2) is 12.2 Å². The van der Waals surface area contributed by atoms with Crippen molar-refractivity contribution in [1.82, 2.24) is 15.0 Å². The molecule has 0 radical (unpaired) electrons. The van der Waals surface area contributed by atoms with E-state index in [9.17, 15) is 21.6 Å². The molecule has 2 atom stereocenters. The number of ether oxygens (including phenoxy) is 1. The summed E-state index contributed by atoms with van der Waals surface area (Å²) in [5, 5.41) is 3.20. The highest BCUT2D eigenvalue weighted by Gasteiger charge is 2.31. The third-order valence-corrected chi connectivity index (χ3v) is 6.89. The molecule has 11 heteroatoms. The number of sulfonamides is 1. The molecule has 2 unspecified atom stereocenters. The van der Waals surface area contributed by atoms with Crippen molar-refractivity contribution in [1.29, 1.82) is 0 Å². The van der Waals surface area contributed by atoms with Crippen molar-refractivity contribution in [2.45, 2.75) is 23.6 Å². The number of aromatic nitrogens is 1. The molecule has 1 aromatic heterocycles. The summed E-state index contributed by atoms with van der Waals surface area (Å²) in [5.74, 6) is 0.768. The molecule has 0 bridgehead atoms. The van der Waals surface area contributed by atoms with Crippen molar-refractivity contribution in [2.75, 3.05) is 19.6 Å².